The summed E-state index contributed by atoms with van der Waals surface area (Å²) in [5, 5.41) is 22.9. The van der Waals surface area contributed by atoms with E-state index in [0.29, 0.717) is 5.75 Å². The number of fused-ring (bicyclic) bond motifs is 1. The number of rotatable bonds is 8. The molecule has 2 aromatic carbocycles. The van der Waals surface area contributed by atoms with Crippen molar-refractivity contribution in [2.75, 3.05) is 19.5 Å². The quantitative estimate of drug-likeness (QED) is 0.258. The molecule has 0 aliphatic rings. The number of sulfone groups is 1. The number of aliphatic hydroxyl groups excluding tert-OH is 1. The van der Waals surface area contributed by atoms with Crippen molar-refractivity contribution in [3.05, 3.63) is 59.8 Å². The molecule has 1 amide bonds. The summed E-state index contributed by atoms with van der Waals surface area (Å²) >= 11 is 0. The van der Waals surface area contributed by atoms with Gasteiger partial charge in [-0.2, -0.15) is 5.10 Å². The molecule has 3 N–H and O–H groups in total. The molecular formula is C23H25N3O6S. The molecule has 0 spiro atoms. The first kappa shape index (κ1) is 24.3. The van der Waals surface area contributed by atoms with Gasteiger partial charge in [0.25, 0.3) is 5.91 Å². The van der Waals surface area contributed by atoms with Gasteiger partial charge in [0.2, 0.25) is 0 Å². The van der Waals surface area contributed by atoms with Gasteiger partial charge in [-0.1, -0.05) is 11.8 Å². The lowest BCUT2D eigenvalue weighted by Gasteiger charge is -2.25. The molecule has 0 saturated heterocycles. The van der Waals surface area contributed by atoms with E-state index in [1.807, 2.05) is 30.3 Å². The minimum atomic E-state index is -3.78. The van der Waals surface area contributed by atoms with Crippen molar-refractivity contribution in [1.82, 2.24) is 15.3 Å². The average molecular weight is 472 g/mol. The van der Waals surface area contributed by atoms with Gasteiger partial charge in [-0.15, -0.1) is 0 Å². The highest BCUT2D eigenvalue weighted by Gasteiger charge is 2.43. The number of nitrogens with zero attached hydrogens (tertiary/aromatic N) is 2. The van der Waals surface area contributed by atoms with E-state index in [9.17, 15) is 13.2 Å². The van der Waals surface area contributed by atoms with Gasteiger partial charge >= 0.3 is 0 Å². The first-order valence-corrected chi connectivity index (χ1v) is 12.0. The van der Waals surface area contributed by atoms with Crippen LogP contribution in [0.3, 0.4) is 0 Å². The zero-order chi connectivity index (χ0) is 24.1. The molecular weight excluding hydrogens is 446 g/mol. The Morgan fingerprint density at radius 1 is 1.18 bits per heavy atom. The number of hydrogen-bond donors (Lipinski definition) is 3. The molecule has 10 heteroatoms. The maximum Gasteiger partial charge on any atom is 0.264 e. The Morgan fingerprint density at radius 3 is 2.48 bits per heavy atom. The molecule has 1 atom stereocenters. The molecule has 0 bridgehead atoms. The minimum Gasteiger partial charge on any atom is -0.491 e. The van der Waals surface area contributed by atoms with Gasteiger partial charge in [0.05, 0.1) is 18.3 Å². The van der Waals surface area contributed by atoms with Gasteiger partial charge in [-0.3, -0.25) is 14.7 Å². The summed E-state index contributed by atoms with van der Waals surface area (Å²) in [6, 6.07) is 12.8. The number of aryl methyl sites for hydroxylation is 1. The van der Waals surface area contributed by atoms with Crippen molar-refractivity contribution >= 4 is 26.6 Å². The average Bonchev–Trinajstić information content (AvgIpc) is 3.21. The summed E-state index contributed by atoms with van der Waals surface area (Å²) < 4.78 is 29.4. The highest BCUT2D eigenvalue weighted by atomic mass is 32.2. The number of nitrogens with one attached hydrogen (secondary N) is 1. The Balaban J connectivity index is 1.76. The second kappa shape index (κ2) is 10.0. The summed E-state index contributed by atoms with van der Waals surface area (Å²) in [5.41, 5.74) is 3.81. The first-order chi connectivity index (χ1) is 15.7. The minimum absolute atomic E-state index is 0.0460. The number of aromatic nitrogens is 2. The summed E-state index contributed by atoms with van der Waals surface area (Å²) in [6.07, 6.45) is 2.55. The fourth-order valence-corrected chi connectivity index (χ4v) is 4.03. The predicted molar refractivity (Wildman–Crippen MR) is 123 cm³/mol. The van der Waals surface area contributed by atoms with Crippen molar-refractivity contribution in [3.63, 3.8) is 0 Å². The van der Waals surface area contributed by atoms with Crippen molar-refractivity contribution in [3.8, 4) is 17.6 Å². The number of benzene rings is 2. The highest BCUT2D eigenvalue weighted by molar-refractivity contribution is 7.92. The van der Waals surface area contributed by atoms with E-state index < -0.39 is 20.5 Å². The van der Waals surface area contributed by atoms with Gasteiger partial charge in [0.1, 0.15) is 12.4 Å². The number of hydrogen-bond acceptors (Lipinski definition) is 7. The van der Waals surface area contributed by atoms with Crippen LogP contribution < -0.4 is 10.2 Å². The van der Waals surface area contributed by atoms with Crippen LogP contribution in [0.2, 0.25) is 0 Å². The third kappa shape index (κ3) is 5.51. The van der Waals surface area contributed by atoms with E-state index in [4.69, 9.17) is 15.1 Å². The van der Waals surface area contributed by atoms with E-state index in [0.717, 1.165) is 28.3 Å². The Labute approximate surface area is 191 Å². The molecule has 33 heavy (non-hydrogen) atoms. The topological polar surface area (TPSA) is 131 Å². The first-order valence-electron chi connectivity index (χ1n) is 10.1. The molecule has 0 aliphatic carbocycles. The van der Waals surface area contributed by atoms with E-state index >= 15 is 0 Å². The van der Waals surface area contributed by atoms with Crippen LogP contribution in [-0.2, 0) is 21.2 Å². The van der Waals surface area contributed by atoms with Crippen LogP contribution in [0.15, 0.2) is 48.7 Å². The highest BCUT2D eigenvalue weighted by Crippen LogP contribution is 2.24. The molecule has 174 valence electrons. The maximum atomic E-state index is 12.1. The number of carbonyl (C=O) groups excluding carboxylic acids is 1. The molecule has 0 aliphatic heterocycles. The molecule has 0 fully saturated rings. The maximum absolute atomic E-state index is 12.1. The monoisotopic (exact) mass is 471 g/mol. The fraction of sp³-hybridized carbons (Fsp3) is 0.304. The molecule has 9 nitrogen and oxygen atoms in total. The Hall–Kier alpha value is -3.39. The zero-order valence-corrected chi connectivity index (χ0v) is 19.1. The predicted octanol–water partition coefficient (Wildman–Crippen LogP) is 1.51. The van der Waals surface area contributed by atoms with Gasteiger partial charge in [-0.25, -0.2) is 13.9 Å². The van der Waals surface area contributed by atoms with Crippen LogP contribution in [0, 0.1) is 11.8 Å². The number of hydroxylamine groups is 1. The van der Waals surface area contributed by atoms with Crippen molar-refractivity contribution in [2.45, 2.75) is 24.6 Å². The lowest BCUT2D eigenvalue weighted by Crippen LogP contribution is -2.49. The number of aliphatic hydroxyl groups is 1. The van der Waals surface area contributed by atoms with E-state index in [1.54, 1.807) is 23.0 Å². The summed E-state index contributed by atoms with van der Waals surface area (Å²) in [4.78, 5) is 12.0. The summed E-state index contributed by atoms with van der Waals surface area (Å²) in [7, 11) is -3.78. The number of ether oxygens (including phenoxy) is 1. The third-order valence-electron chi connectivity index (χ3n) is 5.41. The smallest absolute Gasteiger partial charge is 0.264 e. The lowest BCUT2D eigenvalue weighted by atomic mass is 10.1. The molecule has 3 rings (SSSR count). The molecule has 1 unspecified atom stereocenters. The SMILES string of the molecule is CC(CCn1ncc2cc(C#Cc3ccc(OCCO)cc3)ccc21)(C(=O)NO)S(C)(=O)=O. The summed E-state index contributed by atoms with van der Waals surface area (Å²) in [5.74, 6) is 5.85. The largest absolute Gasteiger partial charge is 0.491 e. The van der Waals surface area contributed by atoms with Crippen LogP contribution >= 0.6 is 0 Å². The van der Waals surface area contributed by atoms with Crippen molar-refractivity contribution < 1.29 is 28.3 Å². The standard InChI is InChI=1S/C23H25N3O6S/c1-23(22(28)25-29,33(2,30)31)11-12-26-21-10-7-18(15-19(21)16-24-26)4-3-17-5-8-20(9-6-17)32-14-13-27/h5-10,15-16,27,29H,11-14H2,1-2H3,(H,25,28). The van der Waals surface area contributed by atoms with Crippen LogP contribution in [0.5, 0.6) is 5.75 Å². The van der Waals surface area contributed by atoms with Gasteiger partial charge in [0.15, 0.2) is 14.6 Å². The normalized spacial score (nSPS) is 13.1. The lowest BCUT2D eigenvalue weighted by molar-refractivity contribution is -0.131. The molecule has 1 aromatic heterocycles. The molecule has 1 heterocycles. The van der Waals surface area contributed by atoms with Crippen molar-refractivity contribution in [1.29, 1.82) is 0 Å². The van der Waals surface area contributed by atoms with Gasteiger partial charge in [-0.05, 0) is 55.8 Å². The van der Waals surface area contributed by atoms with E-state index in [1.165, 1.54) is 12.4 Å². The zero-order valence-electron chi connectivity index (χ0n) is 18.3. The Kier molecular flexibility index (Phi) is 7.38. The second-order valence-corrected chi connectivity index (χ2v) is 10.1. The summed E-state index contributed by atoms with van der Waals surface area (Å²) in [6.45, 7) is 1.63. The third-order valence-corrected chi connectivity index (χ3v) is 7.43. The molecule has 3 aromatic rings. The van der Waals surface area contributed by atoms with Crippen molar-refractivity contribution in [2.24, 2.45) is 0 Å². The Bertz CT molecular complexity index is 1310. The number of amides is 1. The number of carbonyl (C=O) groups is 1. The van der Waals surface area contributed by atoms with Crippen LogP contribution in [0.1, 0.15) is 24.5 Å². The van der Waals surface area contributed by atoms with E-state index in [-0.39, 0.29) is 26.2 Å². The van der Waals surface area contributed by atoms with E-state index in [2.05, 4.69) is 16.9 Å². The van der Waals surface area contributed by atoms with Gasteiger partial charge < -0.3 is 9.84 Å². The second-order valence-electron chi connectivity index (χ2n) is 7.68. The Morgan fingerprint density at radius 2 is 1.85 bits per heavy atom. The molecule has 0 saturated carbocycles. The van der Waals surface area contributed by atoms with Crippen LogP contribution in [-0.4, -0.2) is 58.6 Å². The van der Waals surface area contributed by atoms with Gasteiger partial charge in [0, 0.05) is 29.3 Å². The molecule has 0 radical (unpaired) electrons. The fourth-order valence-electron chi connectivity index (χ4n) is 3.19. The van der Waals surface area contributed by atoms with Crippen LogP contribution in [0.25, 0.3) is 10.9 Å². The van der Waals surface area contributed by atoms with Crippen LogP contribution in [0.4, 0.5) is 0 Å².